The largest absolute Gasteiger partial charge is 0.496 e. The maximum atomic E-state index is 12.6. The van der Waals surface area contributed by atoms with E-state index in [-0.39, 0.29) is 11.3 Å². The number of aryl methyl sites for hydroxylation is 1. The van der Waals surface area contributed by atoms with E-state index in [0.29, 0.717) is 22.6 Å². The first-order chi connectivity index (χ1) is 15.9. The smallest absolute Gasteiger partial charge is 0.335 e. The van der Waals surface area contributed by atoms with Gasteiger partial charge in [-0.1, -0.05) is 30.3 Å². The molecule has 33 heavy (non-hydrogen) atoms. The van der Waals surface area contributed by atoms with E-state index in [0.717, 1.165) is 22.2 Å². The number of ether oxygens (including phenoxy) is 2. The monoisotopic (exact) mass is 441 g/mol. The summed E-state index contributed by atoms with van der Waals surface area (Å²) in [7, 11) is 5.18. The average molecular weight is 441 g/mol. The number of aromatic carboxylic acids is 1. The molecule has 0 fully saturated rings. The van der Waals surface area contributed by atoms with E-state index < -0.39 is 5.97 Å². The highest BCUT2D eigenvalue weighted by molar-refractivity contribution is 6.07. The third kappa shape index (κ3) is 4.23. The number of fused-ring (bicyclic) bond motifs is 1. The van der Waals surface area contributed by atoms with Gasteiger partial charge in [0.15, 0.2) is 5.78 Å². The molecule has 0 saturated heterocycles. The number of hydrogen-bond acceptors (Lipinski definition) is 4. The molecule has 1 aromatic heterocycles. The predicted molar refractivity (Wildman–Crippen MR) is 128 cm³/mol. The Hall–Kier alpha value is -4.32. The van der Waals surface area contributed by atoms with Gasteiger partial charge in [-0.15, -0.1) is 0 Å². The van der Waals surface area contributed by atoms with Gasteiger partial charge in [-0.3, -0.25) is 4.79 Å². The van der Waals surface area contributed by atoms with Crippen molar-refractivity contribution in [2.75, 3.05) is 14.2 Å². The second-order valence-corrected chi connectivity index (χ2v) is 7.52. The van der Waals surface area contributed by atoms with Crippen LogP contribution in [0, 0.1) is 0 Å². The minimum atomic E-state index is -1.03. The second-order valence-electron chi connectivity index (χ2n) is 7.52. The predicted octanol–water partition coefficient (Wildman–Crippen LogP) is 5.46. The van der Waals surface area contributed by atoms with E-state index in [4.69, 9.17) is 14.6 Å². The number of methoxy groups -OCH3 is 2. The first-order valence-corrected chi connectivity index (χ1v) is 10.3. The van der Waals surface area contributed by atoms with Crippen LogP contribution in [0.5, 0.6) is 11.5 Å². The van der Waals surface area contributed by atoms with Gasteiger partial charge >= 0.3 is 5.97 Å². The third-order valence-corrected chi connectivity index (χ3v) is 5.61. The van der Waals surface area contributed by atoms with Crippen LogP contribution in [-0.4, -0.2) is 35.6 Å². The first kappa shape index (κ1) is 21.9. The fraction of sp³-hybridized carbons (Fsp3) is 0.111. The summed E-state index contributed by atoms with van der Waals surface area (Å²) >= 11 is 0. The summed E-state index contributed by atoms with van der Waals surface area (Å²) in [6.07, 6.45) is 3.14. The molecule has 0 aliphatic rings. The summed E-state index contributed by atoms with van der Waals surface area (Å²) in [6.45, 7) is 0. The molecule has 0 amide bonds. The van der Waals surface area contributed by atoms with Crippen LogP contribution in [-0.2, 0) is 7.05 Å². The lowest BCUT2D eigenvalue weighted by Gasteiger charge is -2.14. The van der Waals surface area contributed by atoms with Crippen LogP contribution in [0.1, 0.15) is 26.3 Å². The summed E-state index contributed by atoms with van der Waals surface area (Å²) in [5, 5.41) is 10.1. The quantitative estimate of drug-likeness (QED) is 0.305. The summed E-state index contributed by atoms with van der Waals surface area (Å²) in [5.74, 6) is -0.0468. The Kier molecular flexibility index (Phi) is 6.00. The van der Waals surface area contributed by atoms with Crippen LogP contribution < -0.4 is 9.47 Å². The van der Waals surface area contributed by atoms with Crippen molar-refractivity contribution in [2.24, 2.45) is 7.05 Å². The molecule has 4 rings (SSSR count). The molecule has 0 spiro atoms. The number of carbonyl (C=O) groups excluding carboxylic acids is 1. The Labute approximate surface area is 191 Å². The van der Waals surface area contributed by atoms with Gasteiger partial charge in [-0.25, -0.2) is 4.79 Å². The topological polar surface area (TPSA) is 77.8 Å². The fourth-order valence-corrected chi connectivity index (χ4v) is 3.84. The lowest BCUT2D eigenvalue weighted by molar-refractivity contribution is 0.0696. The molecule has 0 aliphatic carbocycles. The van der Waals surface area contributed by atoms with E-state index in [1.165, 1.54) is 30.3 Å². The molecule has 1 N–H and O–H groups in total. The second kappa shape index (κ2) is 9.04. The molecule has 0 bridgehead atoms. The molecule has 0 unspecified atom stereocenters. The van der Waals surface area contributed by atoms with E-state index in [1.807, 2.05) is 25.2 Å². The normalized spacial score (nSPS) is 11.1. The van der Waals surface area contributed by atoms with E-state index >= 15 is 0 Å². The van der Waals surface area contributed by atoms with E-state index in [1.54, 1.807) is 26.4 Å². The minimum absolute atomic E-state index is 0.131. The number of ketones is 1. The summed E-state index contributed by atoms with van der Waals surface area (Å²) in [6, 6.07) is 19.8. The number of nitrogens with zero attached hydrogens (tertiary/aromatic N) is 1. The van der Waals surface area contributed by atoms with Crippen molar-refractivity contribution in [3.63, 3.8) is 0 Å². The van der Waals surface area contributed by atoms with Crippen LogP contribution in [0.3, 0.4) is 0 Å². The number of hydrogen-bond donors (Lipinski definition) is 1. The molecule has 4 aromatic rings. The van der Waals surface area contributed by atoms with Crippen molar-refractivity contribution in [3.05, 3.63) is 89.5 Å². The zero-order valence-electron chi connectivity index (χ0n) is 18.5. The lowest BCUT2D eigenvalue weighted by atomic mass is 10.0. The van der Waals surface area contributed by atoms with Crippen LogP contribution >= 0.6 is 0 Å². The number of benzene rings is 3. The first-order valence-electron chi connectivity index (χ1n) is 10.3. The molecule has 0 saturated carbocycles. The van der Waals surface area contributed by atoms with Gasteiger partial charge in [-0.05, 0) is 42.5 Å². The molecule has 6 nitrogen and oxygen atoms in total. The van der Waals surface area contributed by atoms with Crippen LogP contribution in [0.25, 0.3) is 28.2 Å². The standard InChI is InChI=1S/C27H23NO5/c1-28-22-7-5-4-6-19(22)15-23(28)21-14-20(25(32-2)16-26(21)33-3)12-13-24(29)17-8-10-18(11-9-17)27(30)31/h4-16H,1-3H3,(H,30,31). The lowest BCUT2D eigenvalue weighted by Crippen LogP contribution is -1.99. The van der Waals surface area contributed by atoms with Crippen molar-refractivity contribution < 1.29 is 24.2 Å². The number of aromatic nitrogens is 1. The highest BCUT2D eigenvalue weighted by atomic mass is 16.5. The van der Waals surface area contributed by atoms with Crippen LogP contribution in [0.2, 0.25) is 0 Å². The van der Waals surface area contributed by atoms with Gasteiger partial charge in [0, 0.05) is 40.7 Å². The summed E-state index contributed by atoms with van der Waals surface area (Å²) in [5.41, 5.74) is 4.19. The Morgan fingerprint density at radius 2 is 1.55 bits per heavy atom. The Morgan fingerprint density at radius 3 is 2.18 bits per heavy atom. The maximum absolute atomic E-state index is 12.6. The van der Waals surface area contributed by atoms with Gasteiger partial charge in [-0.2, -0.15) is 0 Å². The number of rotatable bonds is 7. The van der Waals surface area contributed by atoms with Crippen LogP contribution in [0.4, 0.5) is 0 Å². The SMILES string of the molecule is COc1cc(OC)c(-c2cc3ccccc3n2C)cc1C=CC(=O)c1ccc(C(=O)O)cc1. The van der Waals surface area contributed by atoms with Gasteiger partial charge in [0.1, 0.15) is 11.5 Å². The molecule has 0 aliphatic heterocycles. The van der Waals surface area contributed by atoms with Crippen molar-refractivity contribution in [2.45, 2.75) is 0 Å². The molecule has 0 atom stereocenters. The Morgan fingerprint density at radius 1 is 0.879 bits per heavy atom. The highest BCUT2D eigenvalue weighted by Crippen LogP contribution is 2.38. The number of allylic oxidation sites excluding steroid dienone is 1. The van der Waals surface area contributed by atoms with Crippen molar-refractivity contribution in [1.29, 1.82) is 0 Å². The Balaban J connectivity index is 1.74. The number of carboxylic acid groups (broad SMARTS) is 1. The molecule has 3 aromatic carbocycles. The van der Waals surface area contributed by atoms with Gasteiger partial charge < -0.3 is 19.1 Å². The molecule has 1 heterocycles. The third-order valence-electron chi connectivity index (χ3n) is 5.61. The molecule has 166 valence electrons. The highest BCUT2D eigenvalue weighted by Gasteiger charge is 2.16. The van der Waals surface area contributed by atoms with Crippen molar-refractivity contribution >= 4 is 28.7 Å². The number of carbonyl (C=O) groups is 2. The van der Waals surface area contributed by atoms with Gasteiger partial charge in [0.25, 0.3) is 0 Å². The summed E-state index contributed by atoms with van der Waals surface area (Å²) < 4.78 is 13.3. The fourth-order valence-electron chi connectivity index (χ4n) is 3.84. The summed E-state index contributed by atoms with van der Waals surface area (Å²) in [4.78, 5) is 23.7. The molecule has 6 heteroatoms. The molecular weight excluding hydrogens is 418 g/mol. The number of para-hydroxylation sites is 1. The zero-order chi connectivity index (χ0) is 23.5. The van der Waals surface area contributed by atoms with Crippen molar-refractivity contribution in [3.8, 4) is 22.8 Å². The van der Waals surface area contributed by atoms with Crippen molar-refractivity contribution in [1.82, 2.24) is 4.57 Å². The molecule has 0 radical (unpaired) electrons. The van der Waals surface area contributed by atoms with Gasteiger partial charge in [0.05, 0.1) is 25.5 Å². The van der Waals surface area contributed by atoms with E-state index in [2.05, 4.69) is 22.8 Å². The average Bonchev–Trinajstić information content (AvgIpc) is 3.18. The van der Waals surface area contributed by atoms with E-state index in [9.17, 15) is 9.59 Å². The Bertz CT molecular complexity index is 1380. The van der Waals surface area contributed by atoms with Gasteiger partial charge in [0.2, 0.25) is 0 Å². The zero-order valence-corrected chi connectivity index (χ0v) is 18.5. The van der Waals surface area contributed by atoms with Crippen LogP contribution in [0.15, 0.2) is 72.8 Å². The maximum Gasteiger partial charge on any atom is 0.335 e. The minimum Gasteiger partial charge on any atom is -0.496 e. The molecular formula is C27H23NO5. The number of carboxylic acids is 1.